The topological polar surface area (TPSA) is 27.7 Å². The van der Waals surface area contributed by atoms with Gasteiger partial charge in [-0.3, -0.25) is 0 Å². The number of halogens is 1. The minimum Gasteiger partial charge on any atom is -0.490 e. The van der Waals surface area contributed by atoms with Crippen molar-refractivity contribution in [1.82, 2.24) is 0 Å². The van der Waals surface area contributed by atoms with Crippen LogP contribution in [0.25, 0.3) is 0 Å². The van der Waals surface area contributed by atoms with Gasteiger partial charge in [0.2, 0.25) is 0 Å². The van der Waals surface area contributed by atoms with E-state index in [0.717, 1.165) is 38.9 Å². The molecule has 2 heterocycles. The van der Waals surface area contributed by atoms with Gasteiger partial charge in [-0.1, -0.05) is 6.07 Å². The van der Waals surface area contributed by atoms with Gasteiger partial charge < -0.3 is 14.2 Å². The summed E-state index contributed by atoms with van der Waals surface area (Å²) >= 11 is 0. The van der Waals surface area contributed by atoms with E-state index in [1.807, 2.05) is 0 Å². The third-order valence-electron chi connectivity index (χ3n) is 3.95. The summed E-state index contributed by atoms with van der Waals surface area (Å²) in [5, 5.41) is 0. The summed E-state index contributed by atoms with van der Waals surface area (Å²) in [4.78, 5) is 0. The third kappa shape index (κ3) is 3.07. The van der Waals surface area contributed by atoms with E-state index in [0.29, 0.717) is 12.4 Å². The fourth-order valence-electron chi connectivity index (χ4n) is 2.91. The fourth-order valence-corrected chi connectivity index (χ4v) is 2.91. The molecule has 0 saturated carbocycles. The molecule has 3 nitrogen and oxygen atoms in total. The Bertz CT molecular complexity index is 424. The average molecular weight is 266 g/mol. The van der Waals surface area contributed by atoms with Gasteiger partial charge in [0.05, 0.1) is 12.2 Å². The summed E-state index contributed by atoms with van der Waals surface area (Å²) in [6, 6.07) is 6.34. The van der Waals surface area contributed by atoms with Crippen molar-refractivity contribution >= 4 is 0 Å². The Kier molecular flexibility index (Phi) is 3.71. The molecular weight excluding hydrogens is 247 g/mol. The molecule has 1 spiro atoms. The first-order valence-corrected chi connectivity index (χ1v) is 6.90. The van der Waals surface area contributed by atoms with Gasteiger partial charge in [0, 0.05) is 32.1 Å². The zero-order valence-electron chi connectivity index (χ0n) is 10.9. The van der Waals surface area contributed by atoms with Gasteiger partial charge >= 0.3 is 0 Å². The molecule has 0 aliphatic carbocycles. The van der Waals surface area contributed by atoms with Crippen LogP contribution in [0.2, 0.25) is 0 Å². The quantitative estimate of drug-likeness (QED) is 0.823. The third-order valence-corrected chi connectivity index (χ3v) is 3.95. The van der Waals surface area contributed by atoms with Crippen LogP contribution < -0.4 is 4.74 Å². The highest BCUT2D eigenvalue weighted by atomic mass is 19.1. The van der Waals surface area contributed by atoms with E-state index < -0.39 is 0 Å². The van der Waals surface area contributed by atoms with Crippen molar-refractivity contribution in [3.05, 3.63) is 30.1 Å². The van der Waals surface area contributed by atoms with E-state index in [1.165, 1.54) is 12.1 Å². The maximum Gasteiger partial charge on any atom is 0.126 e. The Morgan fingerprint density at radius 2 is 2.05 bits per heavy atom. The SMILES string of the molecule is Fc1cccc(OC2CCOC3(CCOCC3)C2)c1. The van der Waals surface area contributed by atoms with Crippen molar-refractivity contribution in [2.24, 2.45) is 0 Å². The van der Waals surface area contributed by atoms with Crippen LogP contribution in [0.5, 0.6) is 5.75 Å². The standard InChI is InChI=1S/C15H19FO3/c16-12-2-1-3-13(10-12)19-14-4-7-18-15(11-14)5-8-17-9-6-15/h1-3,10,14H,4-9,11H2. The highest BCUT2D eigenvalue weighted by Crippen LogP contribution is 2.35. The van der Waals surface area contributed by atoms with Gasteiger partial charge in [-0.05, 0) is 25.0 Å². The lowest BCUT2D eigenvalue weighted by molar-refractivity contribution is -0.155. The van der Waals surface area contributed by atoms with Crippen LogP contribution in [0.3, 0.4) is 0 Å². The van der Waals surface area contributed by atoms with Crippen LogP contribution >= 0.6 is 0 Å². The molecule has 2 saturated heterocycles. The summed E-state index contributed by atoms with van der Waals surface area (Å²) in [5.41, 5.74) is -0.0888. The molecule has 2 aliphatic rings. The largest absolute Gasteiger partial charge is 0.490 e. The van der Waals surface area contributed by atoms with Crippen LogP contribution in [0.15, 0.2) is 24.3 Å². The molecule has 0 radical (unpaired) electrons. The van der Waals surface area contributed by atoms with Crippen molar-refractivity contribution in [2.45, 2.75) is 37.4 Å². The van der Waals surface area contributed by atoms with Crippen molar-refractivity contribution in [3.8, 4) is 5.75 Å². The van der Waals surface area contributed by atoms with E-state index in [-0.39, 0.29) is 17.5 Å². The molecule has 19 heavy (non-hydrogen) atoms. The van der Waals surface area contributed by atoms with Crippen LogP contribution in [0, 0.1) is 5.82 Å². The van der Waals surface area contributed by atoms with Gasteiger partial charge in [-0.25, -0.2) is 4.39 Å². The number of ether oxygens (including phenoxy) is 3. The predicted octanol–water partition coefficient (Wildman–Crippen LogP) is 2.93. The Labute approximate surface area is 112 Å². The first-order chi connectivity index (χ1) is 9.26. The monoisotopic (exact) mass is 266 g/mol. The van der Waals surface area contributed by atoms with E-state index >= 15 is 0 Å². The van der Waals surface area contributed by atoms with Crippen LogP contribution in [-0.4, -0.2) is 31.5 Å². The molecule has 2 fully saturated rings. The minimum atomic E-state index is -0.259. The maximum absolute atomic E-state index is 13.1. The molecule has 1 aromatic carbocycles. The Balaban J connectivity index is 1.65. The summed E-state index contributed by atoms with van der Waals surface area (Å²) in [6.07, 6.45) is 3.69. The molecule has 0 bridgehead atoms. The first-order valence-electron chi connectivity index (χ1n) is 6.90. The smallest absolute Gasteiger partial charge is 0.126 e. The zero-order chi connectivity index (χ0) is 13.1. The number of hydrogen-bond donors (Lipinski definition) is 0. The normalized spacial score (nSPS) is 26.3. The van der Waals surface area contributed by atoms with Gasteiger partial charge in [-0.2, -0.15) is 0 Å². The maximum atomic E-state index is 13.1. The average Bonchev–Trinajstić information content (AvgIpc) is 2.40. The molecule has 4 heteroatoms. The number of benzene rings is 1. The highest BCUT2D eigenvalue weighted by molar-refractivity contribution is 5.22. The molecule has 0 aromatic heterocycles. The van der Waals surface area contributed by atoms with Crippen LogP contribution in [0.4, 0.5) is 4.39 Å². The highest BCUT2D eigenvalue weighted by Gasteiger charge is 2.39. The molecule has 104 valence electrons. The van der Waals surface area contributed by atoms with E-state index in [2.05, 4.69) is 0 Å². The second kappa shape index (κ2) is 5.47. The number of hydrogen-bond acceptors (Lipinski definition) is 3. The lowest BCUT2D eigenvalue weighted by Crippen LogP contribution is -2.47. The second-order valence-electron chi connectivity index (χ2n) is 5.33. The fraction of sp³-hybridized carbons (Fsp3) is 0.600. The lowest BCUT2D eigenvalue weighted by atomic mass is 9.85. The van der Waals surface area contributed by atoms with E-state index in [1.54, 1.807) is 12.1 Å². The summed E-state index contributed by atoms with van der Waals surface area (Å²) in [5.74, 6) is 0.347. The molecule has 3 rings (SSSR count). The van der Waals surface area contributed by atoms with Gasteiger partial charge in [-0.15, -0.1) is 0 Å². The molecular formula is C15H19FO3. The Hall–Kier alpha value is -1.13. The second-order valence-corrected chi connectivity index (χ2v) is 5.33. The first kappa shape index (κ1) is 12.9. The molecule has 0 N–H and O–H groups in total. The lowest BCUT2D eigenvalue weighted by Gasteiger charge is -2.43. The zero-order valence-corrected chi connectivity index (χ0v) is 10.9. The van der Waals surface area contributed by atoms with Crippen molar-refractivity contribution in [1.29, 1.82) is 0 Å². The minimum absolute atomic E-state index is 0.0888. The molecule has 1 unspecified atom stereocenters. The number of rotatable bonds is 2. The Morgan fingerprint density at radius 1 is 1.21 bits per heavy atom. The van der Waals surface area contributed by atoms with Crippen molar-refractivity contribution < 1.29 is 18.6 Å². The summed E-state index contributed by atoms with van der Waals surface area (Å²) < 4.78 is 30.4. The van der Waals surface area contributed by atoms with Crippen molar-refractivity contribution in [3.63, 3.8) is 0 Å². The van der Waals surface area contributed by atoms with E-state index in [4.69, 9.17) is 14.2 Å². The van der Waals surface area contributed by atoms with Gasteiger partial charge in [0.1, 0.15) is 17.7 Å². The predicted molar refractivity (Wildman–Crippen MR) is 68.8 cm³/mol. The van der Waals surface area contributed by atoms with Gasteiger partial charge in [0.15, 0.2) is 0 Å². The van der Waals surface area contributed by atoms with Crippen LogP contribution in [0.1, 0.15) is 25.7 Å². The summed E-state index contributed by atoms with van der Waals surface area (Å²) in [6.45, 7) is 2.22. The van der Waals surface area contributed by atoms with E-state index in [9.17, 15) is 4.39 Å². The summed E-state index contributed by atoms with van der Waals surface area (Å²) in [7, 11) is 0. The van der Waals surface area contributed by atoms with Crippen LogP contribution in [-0.2, 0) is 9.47 Å². The molecule has 1 aromatic rings. The van der Waals surface area contributed by atoms with Gasteiger partial charge in [0.25, 0.3) is 0 Å². The molecule has 2 aliphatic heterocycles. The molecule has 1 atom stereocenters. The molecule has 0 amide bonds. The Morgan fingerprint density at radius 3 is 2.84 bits per heavy atom. The van der Waals surface area contributed by atoms with Crippen molar-refractivity contribution in [2.75, 3.05) is 19.8 Å².